The molecule has 8 heteroatoms. The van der Waals surface area contributed by atoms with Crippen LogP contribution in [0.2, 0.25) is 0 Å². The van der Waals surface area contributed by atoms with Crippen molar-refractivity contribution in [2.45, 2.75) is 0 Å². The highest BCUT2D eigenvalue weighted by molar-refractivity contribution is 7.80. The summed E-state index contributed by atoms with van der Waals surface area (Å²) in [5, 5.41) is 8.98. The molecule has 0 bridgehead atoms. The lowest BCUT2D eigenvalue weighted by Gasteiger charge is -2.26. The van der Waals surface area contributed by atoms with Crippen molar-refractivity contribution in [1.29, 1.82) is 0 Å². The molecule has 2 aromatic rings. The summed E-state index contributed by atoms with van der Waals surface area (Å²) in [6, 6.07) is 7.47. The Bertz CT molecular complexity index is 664. The molecular weight excluding hydrogens is 302 g/mol. The highest BCUT2D eigenvalue weighted by Crippen LogP contribution is 2.20. The molecule has 0 atom stereocenters. The van der Waals surface area contributed by atoms with Crippen LogP contribution in [0.25, 0.3) is 5.69 Å². The van der Waals surface area contributed by atoms with Gasteiger partial charge in [0.25, 0.3) is 0 Å². The van der Waals surface area contributed by atoms with Gasteiger partial charge >= 0.3 is 0 Å². The van der Waals surface area contributed by atoms with Crippen LogP contribution in [0.3, 0.4) is 0 Å². The summed E-state index contributed by atoms with van der Waals surface area (Å²) in [5.74, 6) is 1.48. The number of hydrogen-bond donors (Lipinski definition) is 1. The second-order valence-electron chi connectivity index (χ2n) is 4.82. The average Bonchev–Trinajstić information content (AvgIpc) is 3.01. The maximum atomic E-state index is 5.80. The molecular formula is C14H17N5O2S. The Balaban J connectivity index is 1.96. The van der Waals surface area contributed by atoms with Gasteiger partial charge in [-0.25, -0.2) is 0 Å². The van der Waals surface area contributed by atoms with Crippen LogP contribution in [0, 0.1) is 0 Å². The van der Waals surface area contributed by atoms with E-state index >= 15 is 0 Å². The molecule has 1 saturated heterocycles. The van der Waals surface area contributed by atoms with Gasteiger partial charge in [-0.2, -0.15) is 0 Å². The minimum absolute atomic E-state index is 0.237. The summed E-state index contributed by atoms with van der Waals surface area (Å²) in [4.78, 5) is 3.87. The molecule has 0 amide bonds. The summed E-state index contributed by atoms with van der Waals surface area (Å²) in [7, 11) is 1.63. The Hall–Kier alpha value is -2.19. The Morgan fingerprint density at radius 2 is 1.91 bits per heavy atom. The number of aromatic nitrogens is 3. The molecule has 2 N–H and O–H groups in total. The van der Waals surface area contributed by atoms with Crippen molar-refractivity contribution in [2.75, 3.05) is 38.3 Å². The van der Waals surface area contributed by atoms with Crippen LogP contribution in [0.1, 0.15) is 5.69 Å². The van der Waals surface area contributed by atoms with Crippen molar-refractivity contribution < 1.29 is 9.47 Å². The monoisotopic (exact) mass is 319 g/mol. The molecule has 0 spiro atoms. The molecule has 7 nitrogen and oxygen atoms in total. The maximum absolute atomic E-state index is 5.80. The number of nitrogens with zero attached hydrogens (tertiary/aromatic N) is 4. The summed E-state index contributed by atoms with van der Waals surface area (Å²) < 4.78 is 10.5. The van der Waals surface area contributed by atoms with E-state index in [9.17, 15) is 0 Å². The van der Waals surface area contributed by atoms with Crippen molar-refractivity contribution in [2.24, 2.45) is 5.73 Å². The number of nitrogens with two attached hydrogens (primary N) is 1. The van der Waals surface area contributed by atoms with Crippen LogP contribution in [-0.2, 0) is 4.74 Å². The molecule has 1 aromatic carbocycles. The molecule has 116 valence electrons. The summed E-state index contributed by atoms with van der Waals surface area (Å²) in [5.41, 5.74) is 7.15. The van der Waals surface area contributed by atoms with Gasteiger partial charge in [-0.3, -0.25) is 0 Å². The molecule has 0 radical (unpaired) electrons. The minimum Gasteiger partial charge on any atom is -0.497 e. The van der Waals surface area contributed by atoms with E-state index in [-0.39, 0.29) is 4.99 Å². The smallest absolute Gasteiger partial charge is 0.182 e. The van der Waals surface area contributed by atoms with Crippen LogP contribution >= 0.6 is 12.2 Å². The van der Waals surface area contributed by atoms with E-state index in [0.29, 0.717) is 24.7 Å². The highest BCUT2D eigenvalue weighted by Gasteiger charge is 2.22. The first-order valence-electron chi connectivity index (χ1n) is 6.93. The average molecular weight is 319 g/mol. The van der Waals surface area contributed by atoms with E-state index in [0.717, 1.165) is 24.5 Å². The lowest BCUT2D eigenvalue weighted by molar-refractivity contribution is 0.122. The largest absolute Gasteiger partial charge is 0.497 e. The molecule has 2 heterocycles. The van der Waals surface area contributed by atoms with Crippen LogP contribution < -0.4 is 15.4 Å². The van der Waals surface area contributed by atoms with Gasteiger partial charge in [0.15, 0.2) is 11.5 Å². The van der Waals surface area contributed by atoms with Crippen LogP contribution in [0.5, 0.6) is 5.75 Å². The van der Waals surface area contributed by atoms with Gasteiger partial charge in [0.05, 0.1) is 26.0 Å². The van der Waals surface area contributed by atoms with Crippen LogP contribution in [0.15, 0.2) is 24.3 Å². The van der Waals surface area contributed by atoms with Gasteiger partial charge in [0.2, 0.25) is 0 Å². The molecule has 1 aliphatic heterocycles. The Kier molecular flexibility index (Phi) is 4.21. The number of methoxy groups -OCH3 is 1. The second-order valence-corrected chi connectivity index (χ2v) is 5.26. The zero-order valence-corrected chi connectivity index (χ0v) is 13.0. The number of benzene rings is 1. The SMILES string of the molecule is COc1ccc(-n2nc(C(N)=S)c(N3CCOCC3)n2)cc1. The van der Waals surface area contributed by atoms with E-state index in [1.807, 2.05) is 24.3 Å². The maximum Gasteiger partial charge on any atom is 0.182 e. The quantitative estimate of drug-likeness (QED) is 0.833. The Morgan fingerprint density at radius 3 is 2.50 bits per heavy atom. The van der Waals surface area contributed by atoms with Crippen molar-refractivity contribution in [3.63, 3.8) is 0 Å². The van der Waals surface area contributed by atoms with Crippen LogP contribution in [0.4, 0.5) is 5.82 Å². The second kappa shape index (κ2) is 6.29. The van der Waals surface area contributed by atoms with Crippen molar-refractivity contribution >= 4 is 23.0 Å². The Morgan fingerprint density at radius 1 is 1.23 bits per heavy atom. The third-order valence-electron chi connectivity index (χ3n) is 3.44. The molecule has 1 aliphatic rings. The molecule has 0 aliphatic carbocycles. The van der Waals surface area contributed by atoms with E-state index in [1.54, 1.807) is 11.9 Å². The fraction of sp³-hybridized carbons (Fsp3) is 0.357. The van der Waals surface area contributed by atoms with Crippen LogP contribution in [-0.4, -0.2) is 53.4 Å². The summed E-state index contributed by atoms with van der Waals surface area (Å²) in [6.07, 6.45) is 0. The number of rotatable bonds is 4. The van der Waals surface area contributed by atoms with Gasteiger partial charge in [-0.05, 0) is 24.3 Å². The summed E-state index contributed by atoms with van der Waals surface area (Å²) >= 11 is 5.11. The Labute approximate surface area is 133 Å². The van der Waals surface area contributed by atoms with Gasteiger partial charge in [-0.15, -0.1) is 15.0 Å². The van der Waals surface area contributed by atoms with E-state index in [4.69, 9.17) is 27.4 Å². The first-order chi connectivity index (χ1) is 10.7. The van der Waals surface area contributed by atoms with Crippen molar-refractivity contribution in [3.05, 3.63) is 30.0 Å². The zero-order chi connectivity index (χ0) is 15.5. The van der Waals surface area contributed by atoms with Crippen molar-refractivity contribution in [1.82, 2.24) is 15.0 Å². The number of morpholine rings is 1. The number of hydrogen-bond acceptors (Lipinski definition) is 6. The van der Waals surface area contributed by atoms with E-state index in [1.165, 1.54) is 0 Å². The molecule has 0 unspecified atom stereocenters. The molecule has 3 rings (SSSR count). The third kappa shape index (κ3) is 2.88. The number of thiocarbonyl (C=S) groups is 1. The predicted molar refractivity (Wildman–Crippen MR) is 86.8 cm³/mol. The highest BCUT2D eigenvalue weighted by atomic mass is 32.1. The fourth-order valence-electron chi connectivity index (χ4n) is 2.28. The first kappa shape index (κ1) is 14.7. The standard InChI is InChI=1S/C14H17N5O2S/c1-20-11-4-2-10(3-5-11)19-16-12(13(15)22)14(17-19)18-6-8-21-9-7-18/h2-5H,6-9H2,1H3,(H2,15,22). The summed E-state index contributed by atoms with van der Waals surface area (Å²) in [6.45, 7) is 2.81. The van der Waals surface area contributed by atoms with E-state index in [2.05, 4.69) is 15.1 Å². The minimum atomic E-state index is 0.237. The molecule has 1 aromatic heterocycles. The predicted octanol–water partition coefficient (Wildman–Crippen LogP) is 0.747. The number of ether oxygens (including phenoxy) is 2. The lowest BCUT2D eigenvalue weighted by Crippen LogP contribution is -2.37. The fourth-order valence-corrected chi connectivity index (χ4v) is 2.41. The van der Waals surface area contributed by atoms with E-state index < -0.39 is 0 Å². The molecule has 0 saturated carbocycles. The first-order valence-corrected chi connectivity index (χ1v) is 7.34. The van der Waals surface area contributed by atoms with Gasteiger partial charge < -0.3 is 20.1 Å². The number of anilines is 1. The topological polar surface area (TPSA) is 78.4 Å². The molecule has 1 fully saturated rings. The third-order valence-corrected chi connectivity index (χ3v) is 3.64. The zero-order valence-electron chi connectivity index (χ0n) is 12.2. The van der Waals surface area contributed by atoms with Gasteiger partial charge in [0.1, 0.15) is 10.7 Å². The molecule has 22 heavy (non-hydrogen) atoms. The van der Waals surface area contributed by atoms with Crippen molar-refractivity contribution in [3.8, 4) is 11.4 Å². The van der Waals surface area contributed by atoms with Gasteiger partial charge in [-0.1, -0.05) is 12.2 Å². The lowest BCUT2D eigenvalue weighted by atomic mass is 10.3. The normalized spacial score (nSPS) is 14.9. The van der Waals surface area contributed by atoms with Gasteiger partial charge in [0, 0.05) is 13.1 Å².